The van der Waals surface area contributed by atoms with E-state index in [9.17, 15) is 30.4 Å². The summed E-state index contributed by atoms with van der Waals surface area (Å²) in [7, 11) is -2.82. The van der Waals surface area contributed by atoms with Gasteiger partial charge >= 0.3 is 6.18 Å². The molecule has 0 amide bonds. The van der Waals surface area contributed by atoms with Crippen molar-refractivity contribution in [3.63, 3.8) is 0 Å². The van der Waals surface area contributed by atoms with E-state index in [2.05, 4.69) is 15.9 Å². The summed E-state index contributed by atoms with van der Waals surface area (Å²) in [4.78, 5) is 0.901. The Kier molecular flexibility index (Phi) is 6.30. The van der Waals surface area contributed by atoms with E-state index in [-0.39, 0.29) is 10.2 Å². The minimum atomic E-state index is -4.72. The van der Waals surface area contributed by atoms with Gasteiger partial charge in [-0.1, -0.05) is 0 Å². The third-order valence-corrected chi connectivity index (χ3v) is 6.45. The Balaban J connectivity index is 1.94. The molecule has 0 spiro atoms. The van der Waals surface area contributed by atoms with E-state index in [0.717, 1.165) is 12.1 Å². The number of nitrogens with one attached hydrogen (secondary N) is 1. The summed E-state index contributed by atoms with van der Waals surface area (Å²) in [6.07, 6.45) is -4.72. The zero-order chi connectivity index (χ0) is 22.3. The maximum absolute atomic E-state index is 14.0. The number of likely N-dealkylation sites (N-methyl/N-ethyl adjacent to an activating group) is 1. The maximum atomic E-state index is 14.0. The van der Waals surface area contributed by atoms with Gasteiger partial charge in [0.25, 0.3) is 10.0 Å². The van der Waals surface area contributed by atoms with Crippen LogP contribution in [0, 0.1) is 11.6 Å². The standard InChI is InChI=1S/C18H16BrF5N2O3S/c1-26-5-4-11(9-26)29-16-6-10(2-3-12(16)18(22,23)24)25-30(27,28)17-8-14(20)13(19)7-15(17)21/h2-3,6-8,11,25H,4-5,9H2,1H3/t11-/m1/s1. The number of likely N-dealkylation sites (tertiary alicyclic amines) is 1. The zero-order valence-corrected chi connectivity index (χ0v) is 17.8. The molecule has 1 saturated heterocycles. The monoisotopic (exact) mass is 514 g/mol. The Bertz CT molecular complexity index is 1060. The predicted octanol–water partition coefficient (Wildman–Crippen LogP) is 4.63. The second-order valence-corrected chi connectivity index (χ2v) is 9.31. The smallest absolute Gasteiger partial charge is 0.419 e. The topological polar surface area (TPSA) is 58.6 Å². The molecule has 0 aliphatic carbocycles. The lowest BCUT2D eigenvalue weighted by Crippen LogP contribution is -2.23. The van der Waals surface area contributed by atoms with Crippen LogP contribution in [-0.4, -0.2) is 39.6 Å². The van der Waals surface area contributed by atoms with Gasteiger partial charge in [-0.3, -0.25) is 4.72 Å². The number of anilines is 1. The molecule has 2 aromatic carbocycles. The Morgan fingerprint density at radius 3 is 2.47 bits per heavy atom. The lowest BCUT2D eigenvalue weighted by Gasteiger charge is -2.19. The Labute approximate surface area is 178 Å². The Hall–Kier alpha value is -1.92. The molecular weight excluding hydrogens is 499 g/mol. The molecule has 1 aliphatic heterocycles. The third kappa shape index (κ3) is 5.03. The average Bonchev–Trinajstić information content (AvgIpc) is 3.01. The van der Waals surface area contributed by atoms with Gasteiger partial charge in [0, 0.05) is 19.2 Å². The van der Waals surface area contributed by atoms with Gasteiger partial charge in [0.1, 0.15) is 28.4 Å². The molecule has 1 fully saturated rings. The largest absolute Gasteiger partial charge is 0.488 e. The van der Waals surface area contributed by atoms with Crippen LogP contribution in [0.5, 0.6) is 5.75 Å². The number of ether oxygens (including phenoxy) is 1. The highest BCUT2D eigenvalue weighted by Gasteiger charge is 2.36. The predicted molar refractivity (Wildman–Crippen MR) is 103 cm³/mol. The van der Waals surface area contributed by atoms with E-state index in [1.54, 1.807) is 7.05 Å². The van der Waals surface area contributed by atoms with Crippen LogP contribution in [-0.2, 0) is 16.2 Å². The number of halogens is 6. The second-order valence-electron chi connectivity index (χ2n) is 6.80. The van der Waals surface area contributed by atoms with Crippen LogP contribution in [0.3, 0.4) is 0 Å². The van der Waals surface area contributed by atoms with Crippen LogP contribution in [0.15, 0.2) is 39.7 Å². The van der Waals surface area contributed by atoms with Crippen molar-refractivity contribution in [1.82, 2.24) is 4.90 Å². The van der Waals surface area contributed by atoms with Crippen LogP contribution < -0.4 is 9.46 Å². The lowest BCUT2D eigenvalue weighted by molar-refractivity contribution is -0.139. The molecule has 12 heteroatoms. The van der Waals surface area contributed by atoms with Crippen LogP contribution >= 0.6 is 15.9 Å². The highest BCUT2D eigenvalue weighted by Crippen LogP contribution is 2.39. The van der Waals surface area contributed by atoms with E-state index in [4.69, 9.17) is 4.74 Å². The Morgan fingerprint density at radius 1 is 1.17 bits per heavy atom. The minimum absolute atomic E-state index is 0.273. The van der Waals surface area contributed by atoms with Gasteiger partial charge in [0.05, 0.1) is 15.7 Å². The van der Waals surface area contributed by atoms with Gasteiger partial charge in [-0.15, -0.1) is 0 Å². The van der Waals surface area contributed by atoms with E-state index in [1.165, 1.54) is 0 Å². The molecule has 0 bridgehead atoms. The van der Waals surface area contributed by atoms with Gasteiger partial charge in [-0.2, -0.15) is 13.2 Å². The molecule has 5 nitrogen and oxygen atoms in total. The van der Waals surface area contributed by atoms with Crippen LogP contribution in [0.2, 0.25) is 0 Å². The molecule has 0 saturated carbocycles. The number of alkyl halides is 3. The SMILES string of the molecule is CN1CC[C@@H](Oc2cc(NS(=O)(=O)c3cc(F)c(Br)cc3F)ccc2C(F)(F)F)C1. The van der Waals surface area contributed by atoms with Gasteiger partial charge in [-0.25, -0.2) is 17.2 Å². The van der Waals surface area contributed by atoms with Gasteiger partial charge in [0.2, 0.25) is 0 Å². The lowest BCUT2D eigenvalue weighted by atomic mass is 10.1. The number of nitrogens with zero attached hydrogens (tertiary/aromatic N) is 1. The van der Waals surface area contributed by atoms with E-state index < -0.39 is 50.1 Å². The first-order chi connectivity index (χ1) is 13.9. The normalized spacial score (nSPS) is 17.9. The van der Waals surface area contributed by atoms with Crippen molar-refractivity contribution < 1.29 is 35.1 Å². The van der Waals surface area contributed by atoms with Crippen LogP contribution in [0.1, 0.15) is 12.0 Å². The first-order valence-electron chi connectivity index (χ1n) is 8.60. The molecule has 0 radical (unpaired) electrons. The van der Waals surface area contributed by atoms with Crippen molar-refractivity contribution in [1.29, 1.82) is 0 Å². The molecule has 0 aromatic heterocycles. The van der Waals surface area contributed by atoms with Crippen molar-refractivity contribution in [2.75, 3.05) is 24.9 Å². The van der Waals surface area contributed by atoms with Crippen LogP contribution in [0.4, 0.5) is 27.6 Å². The molecule has 1 N–H and O–H groups in total. The summed E-state index contributed by atoms with van der Waals surface area (Å²) < 4.78 is 99.9. The fourth-order valence-corrected chi connectivity index (χ4v) is 4.45. The number of benzene rings is 2. The summed E-state index contributed by atoms with van der Waals surface area (Å²) in [5.74, 6) is -2.79. The highest BCUT2D eigenvalue weighted by atomic mass is 79.9. The Morgan fingerprint density at radius 2 is 1.87 bits per heavy atom. The molecular formula is C18H16BrF5N2O3S. The van der Waals surface area contributed by atoms with E-state index in [0.29, 0.717) is 37.7 Å². The molecule has 30 heavy (non-hydrogen) atoms. The number of hydrogen-bond donors (Lipinski definition) is 1. The molecule has 1 atom stereocenters. The summed E-state index contributed by atoms with van der Waals surface area (Å²) in [5.41, 5.74) is -1.35. The number of hydrogen-bond acceptors (Lipinski definition) is 4. The first-order valence-corrected chi connectivity index (χ1v) is 10.9. The van der Waals surface area contributed by atoms with Crippen molar-refractivity contribution in [3.8, 4) is 5.75 Å². The number of sulfonamides is 1. The van der Waals surface area contributed by atoms with Gasteiger partial charge in [-0.05, 0) is 53.7 Å². The zero-order valence-electron chi connectivity index (χ0n) is 15.4. The fraction of sp³-hybridized carbons (Fsp3) is 0.333. The summed E-state index contributed by atoms with van der Waals surface area (Å²) in [6, 6.07) is 3.54. The fourth-order valence-electron chi connectivity index (χ4n) is 3.01. The van der Waals surface area contributed by atoms with Crippen molar-refractivity contribution in [2.24, 2.45) is 0 Å². The van der Waals surface area contributed by atoms with E-state index in [1.807, 2.05) is 9.62 Å². The molecule has 1 aliphatic rings. The number of rotatable bonds is 5. The quantitative estimate of drug-likeness (QED) is 0.466. The van der Waals surface area contributed by atoms with Gasteiger partial charge in [0.15, 0.2) is 0 Å². The van der Waals surface area contributed by atoms with Crippen molar-refractivity contribution in [3.05, 3.63) is 52.0 Å². The summed E-state index contributed by atoms with van der Waals surface area (Å²) in [5, 5.41) is 0. The highest BCUT2D eigenvalue weighted by molar-refractivity contribution is 9.10. The average molecular weight is 515 g/mol. The van der Waals surface area contributed by atoms with Crippen molar-refractivity contribution in [2.45, 2.75) is 23.6 Å². The van der Waals surface area contributed by atoms with Gasteiger partial charge < -0.3 is 9.64 Å². The molecule has 1 heterocycles. The summed E-state index contributed by atoms with van der Waals surface area (Å²) in [6.45, 7) is 1.06. The third-order valence-electron chi connectivity index (χ3n) is 4.45. The molecule has 3 rings (SSSR count). The first kappa shape index (κ1) is 22.8. The maximum Gasteiger partial charge on any atom is 0.419 e. The van der Waals surface area contributed by atoms with Crippen LogP contribution in [0.25, 0.3) is 0 Å². The molecule has 2 aromatic rings. The summed E-state index contributed by atoms with van der Waals surface area (Å²) >= 11 is 2.74. The minimum Gasteiger partial charge on any atom is -0.488 e. The molecule has 164 valence electrons. The second kappa shape index (κ2) is 8.31. The molecule has 0 unspecified atom stereocenters. The van der Waals surface area contributed by atoms with Crippen molar-refractivity contribution >= 4 is 31.6 Å². The van der Waals surface area contributed by atoms with E-state index >= 15 is 0 Å².